The van der Waals surface area contributed by atoms with E-state index in [4.69, 9.17) is 4.98 Å². The fraction of sp³-hybridized carbons (Fsp3) is 0.0600. The predicted octanol–water partition coefficient (Wildman–Crippen LogP) is 13.0. The fourth-order valence-electron chi connectivity index (χ4n) is 9.58. The zero-order valence-electron chi connectivity index (χ0n) is 29.4. The molecular formula is C50H33N3. The molecule has 3 heterocycles. The number of hydrogen-bond acceptors (Lipinski definition) is 1. The third-order valence-electron chi connectivity index (χ3n) is 12.1. The lowest BCUT2D eigenvalue weighted by Gasteiger charge is -2.21. The Morgan fingerprint density at radius 3 is 2.15 bits per heavy atom. The van der Waals surface area contributed by atoms with Gasteiger partial charge in [0.1, 0.15) is 5.65 Å². The Balaban J connectivity index is 1.11. The van der Waals surface area contributed by atoms with Crippen LogP contribution in [0.25, 0.3) is 98.9 Å². The number of hydrogen-bond donors (Lipinski definition) is 0. The Morgan fingerprint density at radius 1 is 0.453 bits per heavy atom. The van der Waals surface area contributed by atoms with Crippen LogP contribution in [0.4, 0.5) is 0 Å². The average Bonchev–Trinajstić information content (AvgIpc) is 3.83. The van der Waals surface area contributed by atoms with Crippen LogP contribution < -0.4 is 0 Å². The van der Waals surface area contributed by atoms with Crippen molar-refractivity contribution in [1.29, 1.82) is 0 Å². The summed E-state index contributed by atoms with van der Waals surface area (Å²) >= 11 is 0. The van der Waals surface area contributed by atoms with Crippen LogP contribution in [0.3, 0.4) is 0 Å². The molecule has 0 amide bonds. The first-order chi connectivity index (χ1) is 26.0. The molecule has 1 aliphatic rings. The standard InChI is InChI=1S/C50H33N3/c1-50(2)41-18-7-5-16-35(41)38-28-39-36-17-6-9-20-44(36)52(47(39)29-42(38)50)33-14-11-13-31(26-33)32-23-25-45-40(27-32)48-34-15-4-3-12-30(34)22-24-37(48)49-51-43-19-8-10-21-46(43)53(45)49/h3-29H,1-2H3. The highest BCUT2D eigenvalue weighted by molar-refractivity contribution is 6.24. The molecule has 1 aliphatic carbocycles. The Kier molecular flexibility index (Phi) is 5.57. The van der Waals surface area contributed by atoms with Gasteiger partial charge < -0.3 is 4.57 Å². The number of para-hydroxylation sites is 3. The number of rotatable bonds is 2. The van der Waals surface area contributed by atoms with Crippen molar-refractivity contribution < 1.29 is 0 Å². The van der Waals surface area contributed by atoms with Crippen LogP contribution >= 0.6 is 0 Å². The van der Waals surface area contributed by atoms with Gasteiger partial charge in [-0.15, -0.1) is 0 Å². The number of aromatic nitrogens is 3. The van der Waals surface area contributed by atoms with E-state index in [1.807, 2.05) is 0 Å². The van der Waals surface area contributed by atoms with Gasteiger partial charge in [0.25, 0.3) is 0 Å². The van der Waals surface area contributed by atoms with Crippen molar-refractivity contribution in [3.05, 3.63) is 175 Å². The van der Waals surface area contributed by atoms with Gasteiger partial charge in [-0.25, -0.2) is 4.98 Å². The van der Waals surface area contributed by atoms with E-state index in [1.54, 1.807) is 0 Å². The van der Waals surface area contributed by atoms with E-state index >= 15 is 0 Å². The molecule has 0 bridgehead atoms. The molecule has 0 fully saturated rings. The van der Waals surface area contributed by atoms with E-state index in [0.29, 0.717) is 0 Å². The number of pyridine rings is 1. The van der Waals surface area contributed by atoms with Gasteiger partial charge in [0, 0.05) is 38.0 Å². The molecule has 11 aromatic rings. The molecule has 3 heteroatoms. The van der Waals surface area contributed by atoms with E-state index in [-0.39, 0.29) is 5.41 Å². The summed E-state index contributed by atoms with van der Waals surface area (Å²) in [6.07, 6.45) is 0. The summed E-state index contributed by atoms with van der Waals surface area (Å²) in [5, 5.41) is 8.69. The van der Waals surface area contributed by atoms with Crippen molar-refractivity contribution in [2.45, 2.75) is 19.3 Å². The van der Waals surface area contributed by atoms with Gasteiger partial charge in [-0.1, -0.05) is 117 Å². The molecule has 0 saturated heterocycles. The van der Waals surface area contributed by atoms with E-state index in [0.717, 1.165) is 27.9 Å². The molecular weight excluding hydrogens is 643 g/mol. The van der Waals surface area contributed by atoms with Gasteiger partial charge in [0.2, 0.25) is 0 Å². The van der Waals surface area contributed by atoms with E-state index in [1.165, 1.54) is 82.1 Å². The summed E-state index contributed by atoms with van der Waals surface area (Å²) in [4.78, 5) is 5.17. The van der Waals surface area contributed by atoms with Crippen LogP contribution in [0.5, 0.6) is 0 Å². The minimum Gasteiger partial charge on any atom is -0.309 e. The van der Waals surface area contributed by atoms with Gasteiger partial charge in [0.05, 0.1) is 27.6 Å². The summed E-state index contributed by atoms with van der Waals surface area (Å²) in [6, 6.07) is 60.5. The van der Waals surface area contributed by atoms with Crippen molar-refractivity contribution in [3.63, 3.8) is 0 Å². The molecule has 8 aromatic carbocycles. The molecule has 53 heavy (non-hydrogen) atoms. The van der Waals surface area contributed by atoms with Crippen LogP contribution in [0.2, 0.25) is 0 Å². The average molecular weight is 676 g/mol. The van der Waals surface area contributed by atoms with Crippen LogP contribution in [-0.2, 0) is 5.41 Å². The first-order valence-corrected chi connectivity index (χ1v) is 18.5. The lowest BCUT2D eigenvalue weighted by molar-refractivity contribution is 0.661. The molecule has 0 N–H and O–H groups in total. The van der Waals surface area contributed by atoms with Crippen molar-refractivity contribution in [2.24, 2.45) is 0 Å². The van der Waals surface area contributed by atoms with Gasteiger partial charge >= 0.3 is 0 Å². The minimum absolute atomic E-state index is 0.0761. The van der Waals surface area contributed by atoms with Gasteiger partial charge in [0.15, 0.2) is 0 Å². The van der Waals surface area contributed by atoms with Crippen molar-refractivity contribution in [2.75, 3.05) is 0 Å². The van der Waals surface area contributed by atoms with Crippen LogP contribution in [0.1, 0.15) is 25.0 Å². The van der Waals surface area contributed by atoms with Crippen LogP contribution in [0.15, 0.2) is 164 Å². The SMILES string of the molecule is CC1(C)c2ccccc2-c2cc3c4ccccc4n(-c4cccc(-c5ccc6c(c5)c5c7ccccc7ccc5c5nc7ccccc7n65)c4)c3cc21. The topological polar surface area (TPSA) is 22.2 Å². The third-order valence-corrected chi connectivity index (χ3v) is 12.1. The number of fused-ring (bicyclic) bond motifs is 16. The first-order valence-electron chi connectivity index (χ1n) is 18.5. The Hall–Kier alpha value is -6.71. The Bertz CT molecular complexity index is 3370. The summed E-state index contributed by atoms with van der Waals surface area (Å²) in [7, 11) is 0. The molecule has 0 radical (unpaired) electrons. The van der Waals surface area contributed by atoms with Crippen LogP contribution in [-0.4, -0.2) is 14.0 Å². The fourth-order valence-corrected chi connectivity index (χ4v) is 9.58. The lowest BCUT2D eigenvalue weighted by Crippen LogP contribution is -2.14. The Labute approximate surface area is 306 Å². The third kappa shape index (κ3) is 3.81. The number of imidazole rings is 1. The van der Waals surface area contributed by atoms with E-state index < -0.39 is 0 Å². The molecule has 0 atom stereocenters. The normalized spacial score (nSPS) is 13.6. The minimum atomic E-state index is -0.0761. The van der Waals surface area contributed by atoms with Crippen molar-refractivity contribution in [1.82, 2.24) is 14.0 Å². The molecule has 0 aliphatic heterocycles. The van der Waals surface area contributed by atoms with Gasteiger partial charge in [-0.05, 0) is 105 Å². The maximum atomic E-state index is 5.17. The molecule has 3 aromatic heterocycles. The molecule has 0 spiro atoms. The smallest absolute Gasteiger partial charge is 0.146 e. The highest BCUT2D eigenvalue weighted by atomic mass is 15.0. The highest BCUT2D eigenvalue weighted by Gasteiger charge is 2.36. The molecule has 0 unspecified atom stereocenters. The summed E-state index contributed by atoms with van der Waals surface area (Å²) in [5.41, 5.74) is 15.7. The highest BCUT2D eigenvalue weighted by Crippen LogP contribution is 2.51. The molecule has 248 valence electrons. The van der Waals surface area contributed by atoms with Gasteiger partial charge in [-0.2, -0.15) is 0 Å². The number of benzene rings is 8. The Morgan fingerprint density at radius 2 is 1.23 bits per heavy atom. The largest absolute Gasteiger partial charge is 0.309 e. The quantitative estimate of drug-likeness (QED) is 0.167. The molecule has 12 rings (SSSR count). The van der Waals surface area contributed by atoms with Crippen molar-refractivity contribution >= 4 is 70.9 Å². The first kappa shape index (κ1) is 28.9. The maximum Gasteiger partial charge on any atom is 0.146 e. The zero-order valence-corrected chi connectivity index (χ0v) is 29.4. The molecule has 3 nitrogen and oxygen atoms in total. The zero-order chi connectivity index (χ0) is 35.0. The number of nitrogens with zero attached hydrogens (tertiary/aromatic N) is 3. The second kappa shape index (κ2) is 10.2. The second-order valence-corrected chi connectivity index (χ2v) is 15.2. The van der Waals surface area contributed by atoms with Crippen LogP contribution in [0, 0.1) is 0 Å². The van der Waals surface area contributed by atoms with Gasteiger partial charge in [-0.3, -0.25) is 4.40 Å². The lowest BCUT2D eigenvalue weighted by atomic mass is 9.82. The monoisotopic (exact) mass is 675 g/mol. The summed E-state index contributed by atoms with van der Waals surface area (Å²) in [5.74, 6) is 0. The maximum absolute atomic E-state index is 5.17. The van der Waals surface area contributed by atoms with E-state index in [2.05, 4.69) is 187 Å². The van der Waals surface area contributed by atoms with E-state index in [9.17, 15) is 0 Å². The second-order valence-electron chi connectivity index (χ2n) is 15.2. The summed E-state index contributed by atoms with van der Waals surface area (Å²) in [6.45, 7) is 4.73. The predicted molar refractivity (Wildman–Crippen MR) is 223 cm³/mol. The summed E-state index contributed by atoms with van der Waals surface area (Å²) < 4.78 is 4.82. The van der Waals surface area contributed by atoms with Crippen molar-refractivity contribution in [3.8, 4) is 27.9 Å². The molecule has 0 saturated carbocycles.